The fourth-order valence-electron chi connectivity index (χ4n) is 3.39. The summed E-state index contributed by atoms with van der Waals surface area (Å²) in [7, 11) is 0. The third kappa shape index (κ3) is 3.19. The molecule has 110 valence electrons. The lowest BCUT2D eigenvalue weighted by atomic mass is 9.78. The van der Waals surface area contributed by atoms with Gasteiger partial charge in [-0.3, -0.25) is 4.98 Å². The average Bonchev–Trinajstić information content (AvgIpc) is 2.49. The van der Waals surface area contributed by atoms with Gasteiger partial charge in [-0.25, -0.2) is 0 Å². The summed E-state index contributed by atoms with van der Waals surface area (Å²) in [6.45, 7) is 2.32. The van der Waals surface area contributed by atoms with Gasteiger partial charge >= 0.3 is 0 Å². The van der Waals surface area contributed by atoms with Crippen LogP contribution in [0.2, 0.25) is 0 Å². The lowest BCUT2D eigenvalue weighted by Gasteiger charge is -2.44. The minimum absolute atomic E-state index is 0.0493. The van der Waals surface area contributed by atoms with Crippen molar-refractivity contribution in [3.05, 3.63) is 30.1 Å². The van der Waals surface area contributed by atoms with E-state index in [0.717, 1.165) is 51.2 Å². The summed E-state index contributed by atoms with van der Waals surface area (Å²) in [5.41, 5.74) is 0.916. The van der Waals surface area contributed by atoms with Crippen LogP contribution in [0.5, 0.6) is 0 Å². The summed E-state index contributed by atoms with van der Waals surface area (Å²) in [6.07, 6.45) is 5.90. The second kappa shape index (κ2) is 6.20. The maximum absolute atomic E-state index is 10.5. The number of hydrogen-bond donors (Lipinski definition) is 1. The molecule has 2 aliphatic heterocycles. The molecule has 0 bridgehead atoms. The van der Waals surface area contributed by atoms with Crippen LogP contribution in [0, 0.1) is 5.92 Å². The molecule has 2 saturated heterocycles. The highest BCUT2D eigenvalue weighted by atomic mass is 16.5. The highest BCUT2D eigenvalue weighted by molar-refractivity contribution is 5.05. The Kier molecular flexibility index (Phi) is 4.34. The van der Waals surface area contributed by atoms with Gasteiger partial charge in [-0.1, -0.05) is 6.07 Å². The van der Waals surface area contributed by atoms with Crippen molar-refractivity contribution in [2.45, 2.75) is 43.8 Å². The average molecular weight is 277 g/mol. The third-order valence-corrected chi connectivity index (χ3v) is 4.62. The van der Waals surface area contributed by atoms with Crippen LogP contribution in [0.1, 0.15) is 31.4 Å². The highest BCUT2D eigenvalue weighted by Gasteiger charge is 2.40. The number of nitrogens with zero attached hydrogens (tertiary/aromatic N) is 1. The zero-order valence-electron chi connectivity index (χ0n) is 11.8. The second-order valence-corrected chi connectivity index (χ2v) is 5.99. The van der Waals surface area contributed by atoms with E-state index in [4.69, 9.17) is 9.47 Å². The molecule has 2 atom stereocenters. The highest BCUT2D eigenvalue weighted by Crippen LogP contribution is 2.38. The van der Waals surface area contributed by atoms with E-state index in [1.54, 1.807) is 6.20 Å². The van der Waals surface area contributed by atoms with E-state index >= 15 is 0 Å². The molecule has 4 nitrogen and oxygen atoms in total. The predicted molar refractivity (Wildman–Crippen MR) is 75.4 cm³/mol. The Morgan fingerprint density at radius 2 is 2.15 bits per heavy atom. The summed E-state index contributed by atoms with van der Waals surface area (Å²) in [4.78, 5) is 4.31. The Balaban J connectivity index is 1.61. The van der Waals surface area contributed by atoms with Crippen LogP contribution in [-0.2, 0) is 15.9 Å². The van der Waals surface area contributed by atoms with Crippen molar-refractivity contribution in [2.75, 3.05) is 19.8 Å². The minimum Gasteiger partial charge on any atom is -0.392 e. The summed E-state index contributed by atoms with van der Waals surface area (Å²) in [5, 5.41) is 10.5. The third-order valence-electron chi connectivity index (χ3n) is 4.62. The van der Waals surface area contributed by atoms with E-state index in [2.05, 4.69) is 4.98 Å². The van der Waals surface area contributed by atoms with E-state index in [-0.39, 0.29) is 11.7 Å². The zero-order valence-corrected chi connectivity index (χ0v) is 11.8. The lowest BCUT2D eigenvalue weighted by Crippen LogP contribution is -2.47. The maximum Gasteiger partial charge on any atom is 0.0730 e. The number of rotatable bonds is 3. The van der Waals surface area contributed by atoms with Gasteiger partial charge in [-0.2, -0.15) is 0 Å². The molecule has 4 heteroatoms. The Bertz CT molecular complexity index is 411. The first-order valence-corrected chi connectivity index (χ1v) is 7.57. The molecule has 2 unspecified atom stereocenters. The van der Waals surface area contributed by atoms with Crippen molar-refractivity contribution >= 4 is 0 Å². The monoisotopic (exact) mass is 277 g/mol. The quantitative estimate of drug-likeness (QED) is 0.917. The molecule has 3 rings (SSSR count). The molecular weight excluding hydrogens is 254 g/mol. The van der Waals surface area contributed by atoms with Crippen molar-refractivity contribution in [2.24, 2.45) is 5.92 Å². The fraction of sp³-hybridized carbons (Fsp3) is 0.688. The number of hydrogen-bond acceptors (Lipinski definition) is 4. The smallest absolute Gasteiger partial charge is 0.0730 e. The molecule has 0 aliphatic carbocycles. The van der Waals surface area contributed by atoms with Crippen molar-refractivity contribution < 1.29 is 14.6 Å². The van der Waals surface area contributed by atoms with Crippen LogP contribution in [0.15, 0.2) is 24.4 Å². The maximum atomic E-state index is 10.5. The number of aliphatic hydroxyl groups excluding tert-OH is 1. The zero-order chi connectivity index (χ0) is 13.8. The minimum atomic E-state index is -0.325. The van der Waals surface area contributed by atoms with Crippen molar-refractivity contribution in [3.63, 3.8) is 0 Å². The Morgan fingerprint density at radius 1 is 1.30 bits per heavy atom. The molecule has 1 spiro atoms. The molecule has 20 heavy (non-hydrogen) atoms. The Labute approximate surface area is 120 Å². The van der Waals surface area contributed by atoms with Gasteiger partial charge in [0.05, 0.1) is 11.7 Å². The topological polar surface area (TPSA) is 51.6 Å². The van der Waals surface area contributed by atoms with Crippen molar-refractivity contribution in [1.29, 1.82) is 0 Å². The summed E-state index contributed by atoms with van der Waals surface area (Å²) < 4.78 is 11.5. The normalized spacial score (nSPS) is 27.4. The molecule has 3 heterocycles. The number of pyridine rings is 1. The predicted octanol–water partition coefficient (Wildman–Crippen LogP) is 1.96. The van der Waals surface area contributed by atoms with Gasteiger partial charge < -0.3 is 14.6 Å². The number of ether oxygens (including phenoxy) is 2. The van der Waals surface area contributed by atoms with E-state index in [1.165, 1.54) is 0 Å². The first kappa shape index (κ1) is 14.0. The summed E-state index contributed by atoms with van der Waals surface area (Å²) in [6, 6.07) is 5.85. The molecule has 0 radical (unpaired) electrons. The van der Waals surface area contributed by atoms with E-state index in [9.17, 15) is 5.11 Å². The van der Waals surface area contributed by atoms with Crippen LogP contribution in [0.25, 0.3) is 0 Å². The van der Waals surface area contributed by atoms with Crippen molar-refractivity contribution in [3.8, 4) is 0 Å². The molecule has 1 N–H and O–H groups in total. The first-order chi connectivity index (χ1) is 9.77. The van der Waals surface area contributed by atoms with Gasteiger partial charge in [0.1, 0.15) is 0 Å². The standard InChI is InChI=1S/C16H23NO3/c18-15(11-14-3-1-2-7-17-14)13-4-8-20-16(12-13)5-9-19-10-6-16/h1-3,7,13,15,18H,4-6,8-12H2. The summed E-state index contributed by atoms with van der Waals surface area (Å²) >= 11 is 0. The van der Waals surface area contributed by atoms with Crippen molar-refractivity contribution in [1.82, 2.24) is 4.98 Å². The SMILES string of the molecule is OC(Cc1ccccn1)C1CCOC2(CCOCC2)C1. The molecule has 0 saturated carbocycles. The molecule has 2 fully saturated rings. The lowest BCUT2D eigenvalue weighted by molar-refractivity contribution is -0.158. The van der Waals surface area contributed by atoms with E-state index in [0.29, 0.717) is 12.3 Å². The van der Waals surface area contributed by atoms with Crippen LogP contribution >= 0.6 is 0 Å². The molecular formula is C16H23NO3. The van der Waals surface area contributed by atoms with Crippen LogP contribution in [-0.4, -0.2) is 41.6 Å². The van der Waals surface area contributed by atoms with Gasteiger partial charge in [0.25, 0.3) is 0 Å². The molecule has 1 aromatic rings. The van der Waals surface area contributed by atoms with Crippen LogP contribution in [0.4, 0.5) is 0 Å². The fourth-order valence-corrected chi connectivity index (χ4v) is 3.39. The Morgan fingerprint density at radius 3 is 2.90 bits per heavy atom. The Hall–Kier alpha value is -0.970. The first-order valence-electron chi connectivity index (χ1n) is 7.57. The van der Waals surface area contributed by atoms with Gasteiger partial charge in [-0.15, -0.1) is 0 Å². The van der Waals surface area contributed by atoms with Crippen LogP contribution in [0.3, 0.4) is 0 Å². The summed E-state index contributed by atoms with van der Waals surface area (Å²) in [5.74, 6) is 0.309. The molecule has 2 aliphatic rings. The number of aliphatic hydroxyl groups is 1. The number of aromatic nitrogens is 1. The van der Waals surface area contributed by atoms with Gasteiger partial charge in [0, 0.05) is 38.1 Å². The van der Waals surface area contributed by atoms with E-state index in [1.807, 2.05) is 18.2 Å². The molecule has 1 aromatic heterocycles. The largest absolute Gasteiger partial charge is 0.392 e. The van der Waals surface area contributed by atoms with Gasteiger partial charge in [0.2, 0.25) is 0 Å². The van der Waals surface area contributed by atoms with Crippen LogP contribution < -0.4 is 0 Å². The molecule has 0 amide bonds. The molecule has 0 aromatic carbocycles. The second-order valence-electron chi connectivity index (χ2n) is 5.99. The van der Waals surface area contributed by atoms with Gasteiger partial charge in [0.15, 0.2) is 0 Å². The van der Waals surface area contributed by atoms with E-state index < -0.39 is 0 Å². The van der Waals surface area contributed by atoms with Gasteiger partial charge in [-0.05, 0) is 43.7 Å².